The Hall–Kier alpha value is -2.54. The van der Waals surface area contributed by atoms with Crippen LogP contribution in [-0.2, 0) is 5.60 Å². The van der Waals surface area contributed by atoms with E-state index in [9.17, 15) is 9.90 Å². The highest BCUT2D eigenvalue weighted by Gasteiger charge is 2.27. The van der Waals surface area contributed by atoms with Gasteiger partial charge in [-0.25, -0.2) is 9.78 Å². The SMILES string of the molecule is Cc1ccc([C@](C)(O)CNC(=O)Nc2cccc(N(C)C)n2)o1. The minimum absolute atomic E-state index is 0.0131. The average molecular weight is 318 g/mol. The summed E-state index contributed by atoms with van der Waals surface area (Å²) in [4.78, 5) is 18.1. The molecule has 2 amide bonds. The Kier molecular flexibility index (Phi) is 4.90. The van der Waals surface area contributed by atoms with E-state index < -0.39 is 11.6 Å². The average Bonchev–Trinajstić information content (AvgIpc) is 2.93. The number of nitrogens with zero attached hydrogens (tertiary/aromatic N) is 2. The van der Waals surface area contributed by atoms with Crippen molar-refractivity contribution in [1.29, 1.82) is 0 Å². The summed E-state index contributed by atoms with van der Waals surface area (Å²) < 4.78 is 5.40. The number of aryl methyl sites for hydroxylation is 1. The van der Waals surface area contributed by atoms with Crippen molar-refractivity contribution < 1.29 is 14.3 Å². The molecule has 1 atom stereocenters. The van der Waals surface area contributed by atoms with E-state index in [2.05, 4.69) is 15.6 Å². The minimum Gasteiger partial charge on any atom is -0.463 e. The summed E-state index contributed by atoms with van der Waals surface area (Å²) >= 11 is 0. The molecule has 0 unspecified atom stereocenters. The molecular weight excluding hydrogens is 296 g/mol. The Labute approximate surface area is 135 Å². The van der Waals surface area contributed by atoms with Crippen LogP contribution in [0.1, 0.15) is 18.4 Å². The topological polar surface area (TPSA) is 90.6 Å². The second-order valence-corrected chi connectivity index (χ2v) is 5.77. The van der Waals surface area contributed by atoms with Crippen LogP contribution in [0.25, 0.3) is 0 Å². The molecule has 2 aromatic heterocycles. The van der Waals surface area contributed by atoms with Crippen LogP contribution in [0.15, 0.2) is 34.7 Å². The lowest BCUT2D eigenvalue weighted by molar-refractivity contribution is 0.0364. The summed E-state index contributed by atoms with van der Waals surface area (Å²) in [5, 5.41) is 15.6. The summed E-state index contributed by atoms with van der Waals surface area (Å²) in [5.74, 6) is 2.28. The predicted octanol–water partition coefficient (Wildman–Crippen LogP) is 2.08. The fourth-order valence-corrected chi connectivity index (χ4v) is 1.97. The number of urea groups is 1. The van der Waals surface area contributed by atoms with Crippen LogP contribution < -0.4 is 15.5 Å². The van der Waals surface area contributed by atoms with Crippen molar-refractivity contribution in [3.8, 4) is 0 Å². The van der Waals surface area contributed by atoms with Gasteiger partial charge in [-0.2, -0.15) is 0 Å². The number of furan rings is 1. The van der Waals surface area contributed by atoms with Gasteiger partial charge in [0.05, 0.1) is 6.54 Å². The van der Waals surface area contributed by atoms with Crippen LogP contribution in [0.3, 0.4) is 0 Å². The number of hydrogen-bond donors (Lipinski definition) is 3. The fourth-order valence-electron chi connectivity index (χ4n) is 1.97. The molecule has 7 nitrogen and oxygen atoms in total. The lowest BCUT2D eigenvalue weighted by Crippen LogP contribution is -2.40. The number of aromatic nitrogens is 1. The van der Waals surface area contributed by atoms with E-state index in [0.717, 1.165) is 5.82 Å². The van der Waals surface area contributed by atoms with Gasteiger partial charge in [0.2, 0.25) is 0 Å². The molecule has 0 saturated heterocycles. The molecule has 23 heavy (non-hydrogen) atoms. The zero-order valence-corrected chi connectivity index (χ0v) is 13.8. The van der Waals surface area contributed by atoms with Crippen molar-refractivity contribution in [1.82, 2.24) is 10.3 Å². The fraction of sp³-hybridized carbons (Fsp3) is 0.375. The highest BCUT2D eigenvalue weighted by Crippen LogP contribution is 2.22. The normalized spacial score (nSPS) is 13.3. The Morgan fingerprint density at radius 2 is 2.09 bits per heavy atom. The zero-order chi connectivity index (χ0) is 17.0. The van der Waals surface area contributed by atoms with Gasteiger partial charge in [0.1, 0.15) is 28.8 Å². The number of amides is 2. The number of aliphatic hydroxyl groups is 1. The number of carbonyl (C=O) groups is 1. The number of nitrogens with one attached hydrogen (secondary N) is 2. The van der Waals surface area contributed by atoms with Gasteiger partial charge >= 0.3 is 6.03 Å². The summed E-state index contributed by atoms with van der Waals surface area (Å²) in [7, 11) is 3.74. The van der Waals surface area contributed by atoms with Crippen LogP contribution in [0.4, 0.5) is 16.4 Å². The third-order valence-corrected chi connectivity index (χ3v) is 3.30. The Balaban J connectivity index is 1.93. The van der Waals surface area contributed by atoms with Gasteiger partial charge in [-0.1, -0.05) is 6.07 Å². The van der Waals surface area contributed by atoms with Gasteiger partial charge in [0, 0.05) is 14.1 Å². The summed E-state index contributed by atoms with van der Waals surface area (Å²) in [6.45, 7) is 3.39. The monoisotopic (exact) mass is 318 g/mol. The van der Waals surface area contributed by atoms with Gasteiger partial charge in [-0.3, -0.25) is 5.32 Å². The molecular formula is C16H22N4O3. The summed E-state index contributed by atoms with van der Waals surface area (Å²) in [6.07, 6.45) is 0. The van der Waals surface area contributed by atoms with Gasteiger partial charge in [-0.15, -0.1) is 0 Å². The van der Waals surface area contributed by atoms with Gasteiger partial charge in [0.15, 0.2) is 0 Å². The quantitative estimate of drug-likeness (QED) is 0.785. The maximum Gasteiger partial charge on any atom is 0.320 e. The van der Waals surface area contributed by atoms with E-state index >= 15 is 0 Å². The minimum atomic E-state index is -1.29. The van der Waals surface area contributed by atoms with Crippen LogP contribution in [-0.4, -0.2) is 36.8 Å². The van der Waals surface area contributed by atoms with Crippen molar-refractivity contribution in [2.45, 2.75) is 19.4 Å². The summed E-state index contributed by atoms with van der Waals surface area (Å²) in [5.41, 5.74) is -1.29. The third kappa shape index (κ3) is 4.46. The lowest BCUT2D eigenvalue weighted by Gasteiger charge is -2.21. The molecule has 0 bridgehead atoms. The molecule has 0 aliphatic heterocycles. The summed E-state index contributed by atoms with van der Waals surface area (Å²) in [6, 6.07) is 8.35. The molecule has 2 heterocycles. The first kappa shape index (κ1) is 16.8. The van der Waals surface area contributed by atoms with E-state index in [1.807, 2.05) is 25.1 Å². The van der Waals surface area contributed by atoms with E-state index in [1.165, 1.54) is 0 Å². The number of pyridine rings is 1. The zero-order valence-electron chi connectivity index (χ0n) is 13.8. The van der Waals surface area contributed by atoms with Crippen molar-refractivity contribution >= 4 is 17.7 Å². The second kappa shape index (κ2) is 6.70. The van der Waals surface area contributed by atoms with Crippen LogP contribution >= 0.6 is 0 Å². The highest BCUT2D eigenvalue weighted by atomic mass is 16.4. The second-order valence-electron chi connectivity index (χ2n) is 5.77. The van der Waals surface area contributed by atoms with Crippen LogP contribution in [0.5, 0.6) is 0 Å². The smallest absolute Gasteiger partial charge is 0.320 e. The number of carbonyl (C=O) groups excluding carboxylic acids is 1. The van der Waals surface area contributed by atoms with Crippen molar-refractivity contribution in [3.63, 3.8) is 0 Å². The maximum atomic E-state index is 12.0. The first-order chi connectivity index (χ1) is 10.8. The van der Waals surface area contributed by atoms with Crippen molar-refractivity contribution in [3.05, 3.63) is 41.9 Å². The molecule has 0 radical (unpaired) electrons. The van der Waals surface area contributed by atoms with E-state index in [-0.39, 0.29) is 6.54 Å². The molecule has 0 aliphatic rings. The van der Waals surface area contributed by atoms with Crippen molar-refractivity contribution in [2.24, 2.45) is 0 Å². The van der Waals surface area contributed by atoms with E-state index in [0.29, 0.717) is 17.3 Å². The molecule has 2 rings (SSSR count). The number of anilines is 2. The molecule has 2 aromatic rings. The molecule has 0 fully saturated rings. The number of rotatable bonds is 5. The largest absolute Gasteiger partial charge is 0.463 e. The third-order valence-electron chi connectivity index (χ3n) is 3.30. The maximum absolute atomic E-state index is 12.0. The molecule has 0 aliphatic carbocycles. The lowest BCUT2D eigenvalue weighted by atomic mass is 10.0. The van der Waals surface area contributed by atoms with E-state index in [4.69, 9.17) is 4.42 Å². The van der Waals surface area contributed by atoms with Crippen LogP contribution in [0, 0.1) is 6.92 Å². The standard InChI is InChI=1S/C16H22N4O3/c1-11-8-9-12(23-11)16(2,22)10-17-15(21)19-13-6-5-7-14(18-13)20(3)4/h5-9,22H,10H2,1-4H3,(H2,17,18,19,21)/t16-/m1/s1. The van der Waals surface area contributed by atoms with Gasteiger partial charge < -0.3 is 19.7 Å². The molecule has 7 heteroatoms. The molecule has 3 N–H and O–H groups in total. The molecule has 124 valence electrons. The molecule has 0 saturated carbocycles. The molecule has 0 spiro atoms. The van der Waals surface area contributed by atoms with Gasteiger partial charge in [-0.05, 0) is 38.1 Å². The van der Waals surface area contributed by atoms with E-state index in [1.54, 1.807) is 38.1 Å². The first-order valence-electron chi connectivity index (χ1n) is 7.26. The van der Waals surface area contributed by atoms with Gasteiger partial charge in [0.25, 0.3) is 0 Å². The Morgan fingerprint density at radius 3 is 2.70 bits per heavy atom. The Bertz CT molecular complexity index is 679. The first-order valence-corrected chi connectivity index (χ1v) is 7.26. The Morgan fingerprint density at radius 1 is 1.35 bits per heavy atom. The van der Waals surface area contributed by atoms with Crippen LogP contribution in [0.2, 0.25) is 0 Å². The predicted molar refractivity (Wildman–Crippen MR) is 88.6 cm³/mol. The highest BCUT2D eigenvalue weighted by molar-refractivity contribution is 5.88. The molecule has 0 aromatic carbocycles. The number of hydrogen-bond acceptors (Lipinski definition) is 5. The van der Waals surface area contributed by atoms with Crippen molar-refractivity contribution in [2.75, 3.05) is 30.9 Å².